The van der Waals surface area contributed by atoms with Gasteiger partial charge >= 0.3 is 0 Å². The fraction of sp³-hybridized carbons (Fsp3) is 0.0800. The number of carbonyl (C=O) groups excluding carboxylic acids is 2. The second kappa shape index (κ2) is 11.9. The Labute approximate surface area is 214 Å². The minimum atomic E-state index is -0.618. The summed E-state index contributed by atoms with van der Waals surface area (Å²) < 4.78 is 11.5. The van der Waals surface area contributed by atoms with Crippen molar-refractivity contribution >= 4 is 56.8 Å². The Morgan fingerprint density at radius 3 is 2.34 bits per heavy atom. The molecule has 0 fully saturated rings. The summed E-state index contributed by atoms with van der Waals surface area (Å²) in [6.07, 6.45) is 1.39. The molecule has 0 aliphatic rings. The van der Waals surface area contributed by atoms with Crippen molar-refractivity contribution in [2.75, 3.05) is 24.4 Å². The van der Waals surface area contributed by atoms with Crippen LogP contribution in [0, 0.1) is 11.3 Å². The van der Waals surface area contributed by atoms with Crippen LogP contribution in [-0.4, -0.2) is 30.6 Å². The van der Waals surface area contributed by atoms with Crippen molar-refractivity contribution in [2.24, 2.45) is 0 Å². The monoisotopic (exact) mass is 555 g/mol. The number of phenolic OH excluding ortho intramolecular Hbond substituents is 1. The third-order valence-corrected chi connectivity index (χ3v) is 5.37. The molecule has 2 amide bonds. The van der Waals surface area contributed by atoms with Gasteiger partial charge in [-0.3, -0.25) is 9.59 Å². The summed E-state index contributed by atoms with van der Waals surface area (Å²) in [5.74, 6) is -0.375. The summed E-state index contributed by atoms with van der Waals surface area (Å²) in [5, 5.41) is 24.7. The highest BCUT2D eigenvalue weighted by Gasteiger charge is 2.15. The van der Waals surface area contributed by atoms with Crippen LogP contribution in [0.5, 0.6) is 17.2 Å². The second-order valence-corrected chi connectivity index (χ2v) is 8.34. The fourth-order valence-electron chi connectivity index (χ4n) is 2.89. The van der Waals surface area contributed by atoms with Gasteiger partial charge in [-0.1, -0.05) is 11.6 Å². The van der Waals surface area contributed by atoms with Crippen molar-refractivity contribution in [3.05, 3.63) is 81.3 Å². The van der Waals surface area contributed by atoms with E-state index in [1.807, 2.05) is 6.07 Å². The lowest BCUT2D eigenvalue weighted by Crippen LogP contribution is -2.20. The summed E-state index contributed by atoms with van der Waals surface area (Å²) in [4.78, 5) is 24.7. The van der Waals surface area contributed by atoms with E-state index in [1.165, 1.54) is 37.5 Å². The van der Waals surface area contributed by atoms with Gasteiger partial charge in [-0.2, -0.15) is 5.26 Å². The number of hydrogen-bond donors (Lipinski definition) is 3. The molecule has 3 rings (SSSR count). The largest absolute Gasteiger partial charge is 0.508 e. The zero-order valence-electron chi connectivity index (χ0n) is 18.3. The van der Waals surface area contributed by atoms with Crippen LogP contribution < -0.4 is 20.1 Å². The molecule has 178 valence electrons. The lowest BCUT2D eigenvalue weighted by Gasteiger charge is -2.14. The van der Waals surface area contributed by atoms with Gasteiger partial charge in [-0.25, -0.2) is 0 Å². The fourth-order valence-corrected chi connectivity index (χ4v) is 3.59. The number of rotatable bonds is 8. The summed E-state index contributed by atoms with van der Waals surface area (Å²) >= 11 is 9.23. The molecule has 0 saturated heterocycles. The lowest BCUT2D eigenvalue weighted by atomic mass is 10.1. The van der Waals surface area contributed by atoms with Crippen LogP contribution in [0.25, 0.3) is 6.08 Å². The van der Waals surface area contributed by atoms with Crippen LogP contribution in [0.15, 0.2) is 70.7 Å². The Morgan fingerprint density at radius 2 is 1.71 bits per heavy atom. The van der Waals surface area contributed by atoms with E-state index in [0.29, 0.717) is 32.2 Å². The summed E-state index contributed by atoms with van der Waals surface area (Å²) in [6.45, 7) is -0.286. The van der Waals surface area contributed by atoms with Gasteiger partial charge in [-0.05, 0) is 88.2 Å². The molecule has 0 atom stereocenters. The Kier molecular flexibility index (Phi) is 8.73. The standard InChI is InChI=1S/C25H19BrClN3O5/c1-34-22-12-15(10-16(13-28)25(33)30-19-6-8-20(31)9-7-19)11-21(26)24(22)35-14-23(32)29-18-4-2-17(27)3-5-18/h2-12,31H,14H2,1H3,(H,29,32)(H,30,33)/b16-10+. The molecule has 0 radical (unpaired) electrons. The molecule has 10 heteroatoms. The van der Waals surface area contributed by atoms with Crippen LogP contribution in [-0.2, 0) is 9.59 Å². The molecule has 0 unspecified atom stereocenters. The summed E-state index contributed by atoms with van der Waals surface area (Å²) in [5.41, 5.74) is 1.34. The van der Waals surface area contributed by atoms with Gasteiger partial charge < -0.3 is 25.2 Å². The molecular formula is C25H19BrClN3O5. The van der Waals surface area contributed by atoms with Crippen LogP contribution in [0.3, 0.4) is 0 Å². The molecule has 3 aromatic rings. The number of anilines is 2. The first kappa shape index (κ1) is 25.6. The molecule has 0 saturated carbocycles. The van der Waals surface area contributed by atoms with Gasteiger partial charge in [0.15, 0.2) is 18.1 Å². The molecule has 0 aliphatic carbocycles. The van der Waals surface area contributed by atoms with Gasteiger partial charge in [0, 0.05) is 16.4 Å². The molecule has 3 N–H and O–H groups in total. The number of aromatic hydroxyl groups is 1. The molecular weight excluding hydrogens is 538 g/mol. The van der Waals surface area contributed by atoms with E-state index < -0.39 is 5.91 Å². The Morgan fingerprint density at radius 1 is 1.09 bits per heavy atom. The SMILES string of the molecule is COc1cc(/C=C(\C#N)C(=O)Nc2ccc(O)cc2)cc(Br)c1OCC(=O)Nc1ccc(Cl)cc1. The number of nitriles is 1. The molecule has 8 nitrogen and oxygen atoms in total. The maximum atomic E-state index is 12.5. The van der Waals surface area contributed by atoms with Crippen molar-refractivity contribution in [2.45, 2.75) is 0 Å². The average molecular weight is 557 g/mol. The van der Waals surface area contributed by atoms with Gasteiger partial charge in [-0.15, -0.1) is 0 Å². The predicted octanol–water partition coefficient (Wildman–Crippen LogP) is 5.38. The van der Waals surface area contributed by atoms with E-state index in [-0.39, 0.29) is 29.6 Å². The van der Waals surface area contributed by atoms with Crippen LogP contribution in [0.1, 0.15) is 5.56 Å². The van der Waals surface area contributed by atoms with Crippen molar-refractivity contribution < 1.29 is 24.2 Å². The number of benzene rings is 3. The Bertz CT molecular complexity index is 1300. The number of hydrogen-bond acceptors (Lipinski definition) is 6. The number of phenols is 1. The van der Waals surface area contributed by atoms with Gasteiger partial charge in [0.05, 0.1) is 11.6 Å². The van der Waals surface area contributed by atoms with Gasteiger partial charge in [0.2, 0.25) is 0 Å². The first-order valence-electron chi connectivity index (χ1n) is 10.1. The van der Waals surface area contributed by atoms with Crippen LogP contribution in [0.4, 0.5) is 11.4 Å². The van der Waals surface area contributed by atoms with E-state index in [1.54, 1.807) is 36.4 Å². The number of nitrogens with zero attached hydrogens (tertiary/aromatic N) is 1. The van der Waals surface area contributed by atoms with E-state index >= 15 is 0 Å². The summed E-state index contributed by atoms with van der Waals surface area (Å²) in [6, 6.07) is 17.6. The van der Waals surface area contributed by atoms with Crippen LogP contribution >= 0.6 is 27.5 Å². The van der Waals surface area contributed by atoms with E-state index in [4.69, 9.17) is 21.1 Å². The quantitative estimate of drug-likeness (QED) is 0.195. The van der Waals surface area contributed by atoms with Crippen molar-refractivity contribution in [3.63, 3.8) is 0 Å². The highest BCUT2D eigenvalue weighted by Crippen LogP contribution is 2.37. The van der Waals surface area contributed by atoms with Gasteiger partial charge in [0.1, 0.15) is 17.4 Å². The first-order chi connectivity index (χ1) is 16.8. The smallest absolute Gasteiger partial charge is 0.266 e. The highest BCUT2D eigenvalue weighted by molar-refractivity contribution is 9.10. The minimum Gasteiger partial charge on any atom is -0.508 e. The normalized spacial score (nSPS) is 10.7. The lowest BCUT2D eigenvalue weighted by molar-refractivity contribution is -0.118. The third kappa shape index (κ3) is 7.24. The van der Waals surface area contributed by atoms with Crippen molar-refractivity contribution in [1.82, 2.24) is 0 Å². The number of halogens is 2. The number of nitrogens with one attached hydrogen (secondary N) is 2. The Hall–Kier alpha value is -4.00. The molecule has 0 bridgehead atoms. The zero-order chi connectivity index (χ0) is 25.4. The molecule has 0 heterocycles. The van der Waals surface area contributed by atoms with Crippen molar-refractivity contribution in [3.8, 4) is 23.3 Å². The van der Waals surface area contributed by atoms with E-state index in [0.717, 1.165) is 0 Å². The molecule has 35 heavy (non-hydrogen) atoms. The molecule has 0 spiro atoms. The average Bonchev–Trinajstić information content (AvgIpc) is 2.84. The number of ether oxygens (including phenoxy) is 2. The molecule has 3 aromatic carbocycles. The third-order valence-electron chi connectivity index (χ3n) is 4.53. The molecule has 0 aromatic heterocycles. The maximum Gasteiger partial charge on any atom is 0.266 e. The van der Waals surface area contributed by atoms with E-state index in [2.05, 4.69) is 26.6 Å². The Balaban J connectivity index is 1.72. The highest BCUT2D eigenvalue weighted by atomic mass is 79.9. The second-order valence-electron chi connectivity index (χ2n) is 7.05. The maximum absolute atomic E-state index is 12.5. The minimum absolute atomic E-state index is 0.0563. The zero-order valence-corrected chi connectivity index (χ0v) is 20.7. The van der Waals surface area contributed by atoms with E-state index in [9.17, 15) is 20.0 Å². The first-order valence-corrected chi connectivity index (χ1v) is 11.2. The van der Waals surface area contributed by atoms with Gasteiger partial charge in [0.25, 0.3) is 11.8 Å². The predicted molar refractivity (Wildman–Crippen MR) is 137 cm³/mol. The summed E-state index contributed by atoms with van der Waals surface area (Å²) in [7, 11) is 1.43. The topological polar surface area (TPSA) is 121 Å². The van der Waals surface area contributed by atoms with Crippen LogP contribution in [0.2, 0.25) is 5.02 Å². The molecule has 0 aliphatic heterocycles. The number of methoxy groups -OCH3 is 1. The van der Waals surface area contributed by atoms with Crippen molar-refractivity contribution in [1.29, 1.82) is 5.26 Å². The number of carbonyl (C=O) groups is 2. The number of amides is 2.